The number of hydrogen-bond acceptors (Lipinski definition) is 3. The molecule has 0 unspecified atom stereocenters. The molecule has 0 aromatic carbocycles. The fourth-order valence-electron chi connectivity index (χ4n) is 1.77. The number of thiophene rings is 2. The van der Waals surface area contributed by atoms with Gasteiger partial charge in [0.1, 0.15) is 0 Å². The summed E-state index contributed by atoms with van der Waals surface area (Å²) in [5.74, 6) is 1.20. The number of rotatable bonds is 4. The highest BCUT2D eigenvalue weighted by atomic mass is 32.1. The molecule has 1 aliphatic rings. The summed E-state index contributed by atoms with van der Waals surface area (Å²) in [7, 11) is 0. The molecule has 15 heavy (non-hydrogen) atoms. The summed E-state index contributed by atoms with van der Waals surface area (Å²) in [6, 6.07) is 4.15. The average Bonchev–Trinajstić information content (AvgIpc) is 2.79. The Morgan fingerprint density at radius 2 is 2.27 bits per heavy atom. The zero-order valence-electron chi connectivity index (χ0n) is 8.36. The molecule has 0 saturated heterocycles. The van der Waals surface area contributed by atoms with Crippen molar-refractivity contribution in [3.63, 3.8) is 0 Å². The minimum atomic E-state index is 0.343. The van der Waals surface area contributed by atoms with Crippen molar-refractivity contribution in [3.8, 4) is 0 Å². The first-order chi connectivity index (χ1) is 7.33. The average molecular weight is 236 g/mol. The number of hydrogen-bond donors (Lipinski definition) is 0. The molecule has 0 bridgehead atoms. The van der Waals surface area contributed by atoms with Gasteiger partial charge in [-0.25, -0.2) is 0 Å². The van der Waals surface area contributed by atoms with Crippen LogP contribution in [0.15, 0.2) is 17.5 Å². The van der Waals surface area contributed by atoms with Crippen LogP contribution in [-0.4, -0.2) is 5.78 Å². The molecule has 1 fully saturated rings. The van der Waals surface area contributed by atoms with Crippen LogP contribution in [0.25, 0.3) is 9.40 Å². The van der Waals surface area contributed by atoms with Crippen LogP contribution < -0.4 is 0 Å². The molecule has 2 heterocycles. The Bertz CT molecular complexity index is 462. The first-order valence-electron chi connectivity index (χ1n) is 5.33. The molecule has 1 nitrogen and oxygen atoms in total. The number of ketones is 1. The number of carbonyl (C=O) groups excluding carboxylic acids is 1. The Morgan fingerprint density at radius 3 is 3.00 bits per heavy atom. The lowest BCUT2D eigenvalue weighted by molar-refractivity contribution is 0.0982. The summed E-state index contributed by atoms with van der Waals surface area (Å²) in [4.78, 5) is 12.8. The maximum absolute atomic E-state index is 11.9. The van der Waals surface area contributed by atoms with E-state index in [-0.39, 0.29) is 0 Å². The third kappa shape index (κ3) is 1.99. The Hall–Kier alpha value is -0.670. The van der Waals surface area contributed by atoms with Gasteiger partial charge in [-0.3, -0.25) is 4.79 Å². The molecule has 3 heteroatoms. The smallest absolute Gasteiger partial charge is 0.172 e. The first kappa shape index (κ1) is 9.55. The van der Waals surface area contributed by atoms with Crippen molar-refractivity contribution in [2.45, 2.75) is 25.7 Å². The van der Waals surface area contributed by atoms with Crippen molar-refractivity contribution in [1.82, 2.24) is 0 Å². The molecule has 0 spiro atoms. The van der Waals surface area contributed by atoms with Crippen LogP contribution >= 0.6 is 22.7 Å². The van der Waals surface area contributed by atoms with Gasteiger partial charge in [-0.1, -0.05) is 12.8 Å². The van der Waals surface area contributed by atoms with Gasteiger partial charge < -0.3 is 0 Å². The Labute approximate surface area is 96.7 Å². The van der Waals surface area contributed by atoms with Gasteiger partial charge in [0, 0.05) is 15.8 Å². The third-order valence-corrected chi connectivity index (χ3v) is 5.03. The standard InChI is InChI=1S/C12H12OS2/c13-9(4-3-8-1-2-8)11-7-12-10(15-11)5-6-14-12/h5-8H,1-4H2. The molecule has 2 aromatic heterocycles. The molecule has 0 amide bonds. The summed E-state index contributed by atoms with van der Waals surface area (Å²) in [6.07, 6.45) is 4.53. The van der Waals surface area contributed by atoms with Crippen molar-refractivity contribution in [1.29, 1.82) is 0 Å². The third-order valence-electron chi connectivity index (χ3n) is 2.89. The molecule has 0 atom stereocenters. The van der Waals surface area contributed by atoms with Crippen molar-refractivity contribution in [2.24, 2.45) is 5.92 Å². The minimum Gasteiger partial charge on any atom is -0.293 e. The molecule has 78 valence electrons. The fraction of sp³-hybridized carbons (Fsp3) is 0.417. The molecular formula is C12H12OS2. The van der Waals surface area contributed by atoms with Crippen LogP contribution in [0, 0.1) is 5.92 Å². The molecule has 1 saturated carbocycles. The SMILES string of the molecule is O=C(CCC1CC1)c1cc2sccc2s1. The lowest BCUT2D eigenvalue weighted by Gasteiger charge is -1.95. The summed E-state index contributed by atoms with van der Waals surface area (Å²) >= 11 is 3.37. The van der Waals surface area contributed by atoms with E-state index in [4.69, 9.17) is 0 Å². The van der Waals surface area contributed by atoms with Crippen LogP contribution in [-0.2, 0) is 0 Å². The van der Waals surface area contributed by atoms with Gasteiger partial charge >= 0.3 is 0 Å². The summed E-state index contributed by atoms with van der Waals surface area (Å²) in [5.41, 5.74) is 0. The van der Waals surface area contributed by atoms with Crippen molar-refractivity contribution in [3.05, 3.63) is 22.4 Å². The molecule has 2 aromatic rings. The van der Waals surface area contributed by atoms with E-state index in [1.54, 1.807) is 22.7 Å². The highest BCUT2D eigenvalue weighted by Crippen LogP contribution is 2.35. The van der Waals surface area contributed by atoms with Crippen molar-refractivity contribution < 1.29 is 4.79 Å². The summed E-state index contributed by atoms with van der Waals surface area (Å²) in [6.45, 7) is 0. The lowest BCUT2D eigenvalue weighted by atomic mass is 10.1. The predicted molar refractivity (Wildman–Crippen MR) is 66.0 cm³/mol. The van der Waals surface area contributed by atoms with Gasteiger partial charge in [0.2, 0.25) is 0 Å². The van der Waals surface area contributed by atoms with E-state index in [1.165, 1.54) is 22.2 Å². The van der Waals surface area contributed by atoms with Gasteiger partial charge in [0.15, 0.2) is 5.78 Å². The highest BCUT2D eigenvalue weighted by molar-refractivity contribution is 7.27. The van der Waals surface area contributed by atoms with Crippen molar-refractivity contribution >= 4 is 37.9 Å². The molecule has 0 N–H and O–H groups in total. The van der Waals surface area contributed by atoms with E-state index in [9.17, 15) is 4.79 Å². The van der Waals surface area contributed by atoms with Gasteiger partial charge in [-0.15, -0.1) is 22.7 Å². The second kappa shape index (κ2) is 3.72. The molecule has 1 aliphatic carbocycles. The second-order valence-corrected chi connectivity index (χ2v) is 6.20. The van der Waals surface area contributed by atoms with Crippen molar-refractivity contribution in [2.75, 3.05) is 0 Å². The fourth-order valence-corrected chi connectivity index (χ4v) is 3.84. The van der Waals surface area contributed by atoms with E-state index in [2.05, 4.69) is 17.5 Å². The quantitative estimate of drug-likeness (QED) is 0.722. The van der Waals surface area contributed by atoms with Crippen LogP contribution in [0.2, 0.25) is 0 Å². The topological polar surface area (TPSA) is 17.1 Å². The maximum Gasteiger partial charge on any atom is 0.172 e. The molecule has 3 rings (SSSR count). The summed E-state index contributed by atoms with van der Waals surface area (Å²) < 4.78 is 2.52. The first-order valence-corrected chi connectivity index (χ1v) is 7.03. The van der Waals surface area contributed by atoms with Crippen LogP contribution in [0.5, 0.6) is 0 Å². The van der Waals surface area contributed by atoms with Gasteiger partial charge in [-0.05, 0) is 29.9 Å². The summed E-state index contributed by atoms with van der Waals surface area (Å²) in [5, 5.41) is 2.08. The number of carbonyl (C=O) groups is 1. The zero-order valence-corrected chi connectivity index (χ0v) is 10.00. The predicted octanol–water partition coefficient (Wildman–Crippen LogP) is 4.34. The van der Waals surface area contributed by atoms with Gasteiger partial charge in [0.25, 0.3) is 0 Å². The second-order valence-electron chi connectivity index (χ2n) is 4.16. The van der Waals surface area contributed by atoms with E-state index >= 15 is 0 Å². The molecule has 0 aliphatic heterocycles. The Kier molecular flexibility index (Phi) is 2.37. The highest BCUT2D eigenvalue weighted by Gasteiger charge is 2.22. The van der Waals surface area contributed by atoms with E-state index in [0.717, 1.165) is 23.6 Å². The van der Waals surface area contributed by atoms with Gasteiger partial charge in [0.05, 0.1) is 4.88 Å². The van der Waals surface area contributed by atoms with E-state index in [1.807, 2.05) is 0 Å². The Balaban J connectivity index is 1.74. The zero-order chi connectivity index (χ0) is 10.3. The van der Waals surface area contributed by atoms with E-state index < -0.39 is 0 Å². The molecule has 0 radical (unpaired) electrons. The monoisotopic (exact) mass is 236 g/mol. The van der Waals surface area contributed by atoms with Crippen LogP contribution in [0.3, 0.4) is 0 Å². The minimum absolute atomic E-state index is 0.343. The lowest BCUT2D eigenvalue weighted by Crippen LogP contribution is -1.95. The van der Waals surface area contributed by atoms with Crippen LogP contribution in [0.1, 0.15) is 35.4 Å². The van der Waals surface area contributed by atoms with E-state index in [0.29, 0.717) is 5.78 Å². The largest absolute Gasteiger partial charge is 0.293 e. The Morgan fingerprint density at radius 1 is 1.40 bits per heavy atom. The van der Waals surface area contributed by atoms with Crippen LogP contribution in [0.4, 0.5) is 0 Å². The normalized spacial score (nSPS) is 16.0. The van der Waals surface area contributed by atoms with Gasteiger partial charge in [-0.2, -0.15) is 0 Å². The number of fused-ring (bicyclic) bond motifs is 1. The maximum atomic E-state index is 11.9. The number of Topliss-reactive ketones (excluding diaryl/α,β-unsaturated/α-hetero) is 1. The molecular weight excluding hydrogens is 224 g/mol.